The molecular weight excluding hydrogens is 450 g/mol. The zero-order valence-electron chi connectivity index (χ0n) is 18.2. The molecule has 0 saturated carbocycles. The molecule has 7 heteroatoms. The number of Topliss-reactive ketones (excluding diaryl/α,β-unsaturated/α-hetero) is 1. The number of aromatic hydroxyl groups is 1. The molecule has 2 aliphatic rings. The van der Waals surface area contributed by atoms with E-state index < -0.39 is 11.9 Å². The van der Waals surface area contributed by atoms with Crippen LogP contribution in [0.3, 0.4) is 0 Å². The summed E-state index contributed by atoms with van der Waals surface area (Å²) >= 11 is 3.36. The Balaban J connectivity index is 2.24. The molecule has 1 aliphatic heterocycles. The summed E-state index contributed by atoms with van der Waals surface area (Å²) in [5.74, 6) is -0.844. The van der Waals surface area contributed by atoms with E-state index >= 15 is 0 Å². The van der Waals surface area contributed by atoms with E-state index in [9.17, 15) is 14.7 Å². The fourth-order valence-electron chi connectivity index (χ4n) is 4.23. The highest BCUT2D eigenvalue weighted by Gasteiger charge is 2.43. The lowest BCUT2D eigenvalue weighted by Crippen LogP contribution is -2.39. The van der Waals surface area contributed by atoms with Crippen LogP contribution in [0.15, 0.2) is 39.1 Å². The summed E-state index contributed by atoms with van der Waals surface area (Å²) in [4.78, 5) is 26.3. The second-order valence-electron chi connectivity index (χ2n) is 8.94. The Labute approximate surface area is 185 Å². The van der Waals surface area contributed by atoms with Gasteiger partial charge in [-0.05, 0) is 66.2 Å². The number of hydrogen-bond acceptors (Lipinski definition) is 6. The number of methoxy groups -OCH3 is 1. The van der Waals surface area contributed by atoms with E-state index in [2.05, 4.69) is 35.1 Å². The Morgan fingerprint density at radius 3 is 2.57 bits per heavy atom. The second kappa shape index (κ2) is 8.10. The molecule has 3 rings (SSSR count). The van der Waals surface area contributed by atoms with Gasteiger partial charge in [-0.1, -0.05) is 13.8 Å². The minimum atomic E-state index is -0.609. The molecule has 1 heterocycles. The van der Waals surface area contributed by atoms with E-state index in [1.165, 1.54) is 7.11 Å². The molecular formula is C23H28BrNO5. The number of benzene rings is 1. The first kappa shape index (κ1) is 22.4. The van der Waals surface area contributed by atoms with Crippen molar-refractivity contribution in [2.45, 2.75) is 59.5 Å². The maximum absolute atomic E-state index is 13.3. The highest BCUT2D eigenvalue weighted by Crippen LogP contribution is 2.49. The topological polar surface area (TPSA) is 84.9 Å². The van der Waals surface area contributed by atoms with Crippen molar-refractivity contribution in [3.05, 3.63) is 44.7 Å². The molecule has 0 saturated heterocycles. The summed E-state index contributed by atoms with van der Waals surface area (Å²) < 4.78 is 11.3. The molecule has 2 N–H and O–H groups in total. The first-order valence-electron chi connectivity index (χ1n) is 9.96. The van der Waals surface area contributed by atoms with Gasteiger partial charge in [0.15, 0.2) is 17.3 Å². The standard InChI is InChI=1S/C23H28BrNO5/c1-11(2)30-22(28)18-12(3)25-15-9-23(4,5)10-16(26)20(15)19(18)13-7-14(24)21(27)17(8-13)29-6/h7-8,11,19,25,27H,9-10H2,1-6H3. The molecule has 162 valence electrons. The third-order valence-corrected chi connectivity index (χ3v) is 6.01. The number of phenolic OH excluding ortho intramolecular Hbond substituents is 1. The van der Waals surface area contributed by atoms with Crippen LogP contribution >= 0.6 is 15.9 Å². The van der Waals surface area contributed by atoms with Gasteiger partial charge in [-0.3, -0.25) is 4.79 Å². The Morgan fingerprint density at radius 2 is 1.97 bits per heavy atom. The number of halogens is 1. The lowest BCUT2D eigenvalue weighted by Gasteiger charge is -2.39. The molecule has 0 amide bonds. The number of nitrogens with one attached hydrogen (secondary N) is 1. The number of ketones is 1. The van der Waals surface area contributed by atoms with Crippen LogP contribution in [0.5, 0.6) is 11.5 Å². The lowest BCUT2D eigenvalue weighted by molar-refractivity contribution is -0.143. The number of carbonyl (C=O) groups is 2. The molecule has 1 aromatic carbocycles. The van der Waals surface area contributed by atoms with Crippen molar-refractivity contribution < 1.29 is 24.2 Å². The van der Waals surface area contributed by atoms with Crippen molar-refractivity contribution in [2.24, 2.45) is 5.41 Å². The normalized spacial score (nSPS) is 20.8. The second-order valence-corrected chi connectivity index (χ2v) is 9.79. The Kier molecular flexibility index (Phi) is 6.05. The van der Waals surface area contributed by atoms with Crippen molar-refractivity contribution in [1.82, 2.24) is 5.32 Å². The molecule has 1 atom stereocenters. The predicted octanol–water partition coefficient (Wildman–Crippen LogP) is 4.72. The molecule has 0 fully saturated rings. The van der Waals surface area contributed by atoms with Gasteiger partial charge in [0.1, 0.15) is 0 Å². The van der Waals surface area contributed by atoms with Gasteiger partial charge in [-0.15, -0.1) is 0 Å². The smallest absolute Gasteiger partial charge is 0.337 e. The van der Waals surface area contributed by atoms with Crippen molar-refractivity contribution in [3.8, 4) is 11.5 Å². The Hall–Kier alpha value is -2.28. The first-order valence-corrected chi connectivity index (χ1v) is 10.8. The van der Waals surface area contributed by atoms with Crippen LogP contribution in [-0.4, -0.2) is 30.1 Å². The number of hydrogen-bond donors (Lipinski definition) is 2. The van der Waals surface area contributed by atoms with Crippen LogP contribution < -0.4 is 10.1 Å². The minimum absolute atomic E-state index is 0.00395. The van der Waals surface area contributed by atoms with Crippen molar-refractivity contribution in [3.63, 3.8) is 0 Å². The van der Waals surface area contributed by atoms with Gasteiger partial charge in [0.2, 0.25) is 0 Å². The van der Waals surface area contributed by atoms with Gasteiger partial charge >= 0.3 is 5.97 Å². The number of carbonyl (C=O) groups excluding carboxylic acids is 2. The SMILES string of the molecule is COc1cc(C2C(C(=O)OC(C)C)=C(C)NC3=C2C(=O)CC(C)(C)C3)cc(Br)c1O. The van der Waals surface area contributed by atoms with E-state index in [-0.39, 0.29) is 28.8 Å². The molecule has 0 spiro atoms. The maximum atomic E-state index is 13.3. The van der Waals surface area contributed by atoms with E-state index in [0.29, 0.717) is 39.7 Å². The molecule has 0 aromatic heterocycles. The Bertz CT molecular complexity index is 974. The average molecular weight is 478 g/mol. The van der Waals surface area contributed by atoms with E-state index in [0.717, 1.165) is 5.70 Å². The fraction of sp³-hybridized carbons (Fsp3) is 0.478. The van der Waals surface area contributed by atoms with E-state index in [4.69, 9.17) is 9.47 Å². The number of phenols is 1. The maximum Gasteiger partial charge on any atom is 0.337 e. The molecule has 0 bridgehead atoms. The summed E-state index contributed by atoms with van der Waals surface area (Å²) in [6.07, 6.45) is 0.799. The third-order valence-electron chi connectivity index (χ3n) is 5.41. The van der Waals surface area contributed by atoms with Gasteiger partial charge in [0.05, 0.1) is 23.3 Å². The third kappa shape index (κ3) is 4.13. The van der Waals surface area contributed by atoms with Gasteiger partial charge < -0.3 is 19.9 Å². The fourth-order valence-corrected chi connectivity index (χ4v) is 4.69. The molecule has 6 nitrogen and oxygen atoms in total. The van der Waals surface area contributed by atoms with E-state index in [1.54, 1.807) is 26.0 Å². The largest absolute Gasteiger partial charge is 0.503 e. The zero-order chi connectivity index (χ0) is 22.4. The van der Waals surface area contributed by atoms with Gasteiger partial charge in [0.25, 0.3) is 0 Å². The summed E-state index contributed by atoms with van der Waals surface area (Å²) in [6.45, 7) is 9.53. The highest BCUT2D eigenvalue weighted by atomic mass is 79.9. The Morgan fingerprint density at radius 1 is 1.30 bits per heavy atom. The number of allylic oxidation sites excluding steroid dienone is 3. The predicted molar refractivity (Wildman–Crippen MR) is 117 cm³/mol. The quantitative estimate of drug-likeness (QED) is 0.610. The minimum Gasteiger partial charge on any atom is -0.503 e. The number of esters is 1. The van der Waals surface area contributed by atoms with Gasteiger partial charge in [0, 0.05) is 29.3 Å². The monoisotopic (exact) mass is 477 g/mol. The van der Waals surface area contributed by atoms with Crippen LogP contribution in [0.4, 0.5) is 0 Å². The lowest BCUT2D eigenvalue weighted by atomic mass is 9.68. The van der Waals surface area contributed by atoms with Crippen molar-refractivity contribution >= 4 is 27.7 Å². The zero-order valence-corrected chi connectivity index (χ0v) is 19.8. The van der Waals surface area contributed by atoms with Crippen LogP contribution in [0, 0.1) is 5.41 Å². The number of dihydropyridines is 1. The van der Waals surface area contributed by atoms with Crippen LogP contribution in [0.25, 0.3) is 0 Å². The summed E-state index contributed by atoms with van der Waals surface area (Å²) in [5, 5.41) is 13.6. The summed E-state index contributed by atoms with van der Waals surface area (Å²) in [6, 6.07) is 3.39. The van der Waals surface area contributed by atoms with Crippen LogP contribution in [0.1, 0.15) is 58.9 Å². The highest BCUT2D eigenvalue weighted by molar-refractivity contribution is 9.10. The van der Waals surface area contributed by atoms with Crippen LogP contribution in [-0.2, 0) is 14.3 Å². The first-order chi connectivity index (χ1) is 13.9. The molecule has 0 radical (unpaired) electrons. The molecule has 1 aliphatic carbocycles. The number of ether oxygens (including phenoxy) is 2. The van der Waals surface area contributed by atoms with Crippen molar-refractivity contribution in [2.75, 3.05) is 7.11 Å². The van der Waals surface area contributed by atoms with E-state index in [1.807, 2.05) is 6.92 Å². The van der Waals surface area contributed by atoms with Gasteiger partial charge in [-0.25, -0.2) is 4.79 Å². The number of rotatable bonds is 4. The summed E-state index contributed by atoms with van der Waals surface area (Å²) in [5.41, 5.74) is 2.98. The summed E-state index contributed by atoms with van der Waals surface area (Å²) in [7, 11) is 1.46. The molecule has 1 aromatic rings. The average Bonchev–Trinajstić information content (AvgIpc) is 2.60. The van der Waals surface area contributed by atoms with Crippen molar-refractivity contribution in [1.29, 1.82) is 0 Å². The molecule has 30 heavy (non-hydrogen) atoms. The molecule has 1 unspecified atom stereocenters. The van der Waals surface area contributed by atoms with Gasteiger partial charge in [-0.2, -0.15) is 0 Å². The van der Waals surface area contributed by atoms with Crippen LogP contribution in [0.2, 0.25) is 0 Å².